The van der Waals surface area contributed by atoms with Gasteiger partial charge in [-0.2, -0.15) is 0 Å². The summed E-state index contributed by atoms with van der Waals surface area (Å²) in [7, 11) is 0. The third-order valence-electron chi connectivity index (χ3n) is 10.8. The molecule has 0 aliphatic carbocycles. The van der Waals surface area contributed by atoms with E-state index < -0.39 is 0 Å². The van der Waals surface area contributed by atoms with Gasteiger partial charge in [0.2, 0.25) is 5.95 Å². The molecule has 0 bridgehead atoms. The van der Waals surface area contributed by atoms with Crippen LogP contribution in [0.25, 0.3) is 110 Å². The smallest absolute Gasteiger partial charge is 0.235 e. The average molecular weight is 635 g/mol. The van der Waals surface area contributed by atoms with Crippen molar-refractivity contribution in [2.24, 2.45) is 0 Å². The minimum Gasteiger partial charge on any atom is -0.308 e. The molecule has 12 aromatic rings. The first kappa shape index (κ1) is 26.2. The molecule has 0 N–H and O–H groups in total. The number of aromatic nitrogens is 4. The molecule has 0 aliphatic rings. The van der Waals surface area contributed by atoms with Crippen LogP contribution in [0, 0.1) is 0 Å². The number of benzene rings is 8. The molecule has 0 amide bonds. The van der Waals surface area contributed by atoms with Gasteiger partial charge in [0.1, 0.15) is 0 Å². The van der Waals surface area contributed by atoms with Gasteiger partial charge < -0.3 is 4.40 Å². The number of hydrogen-bond acceptors (Lipinski definition) is 2. The SMILES string of the molecule is c1ccc2cc(-c3nc(-n4c5ccc6ccccc6c5c5cc6c7ccccc7n7c8ccccc8c(c54)c67)nc4ccccc34)ccc2c1. The highest BCUT2D eigenvalue weighted by Gasteiger charge is 2.26. The van der Waals surface area contributed by atoms with Gasteiger partial charge in [-0.05, 0) is 57.9 Å². The molecule has 50 heavy (non-hydrogen) atoms. The van der Waals surface area contributed by atoms with Gasteiger partial charge >= 0.3 is 0 Å². The lowest BCUT2D eigenvalue weighted by atomic mass is 10.0. The Morgan fingerprint density at radius 3 is 1.90 bits per heavy atom. The molecule has 4 heteroatoms. The Balaban J connectivity index is 1.32. The van der Waals surface area contributed by atoms with E-state index in [0.29, 0.717) is 5.95 Å². The average Bonchev–Trinajstić information content (AvgIpc) is 3.82. The van der Waals surface area contributed by atoms with E-state index in [9.17, 15) is 0 Å². The van der Waals surface area contributed by atoms with E-state index in [0.717, 1.165) is 33.2 Å². The zero-order chi connectivity index (χ0) is 32.5. The van der Waals surface area contributed by atoms with Gasteiger partial charge in [0.15, 0.2) is 0 Å². The summed E-state index contributed by atoms with van der Waals surface area (Å²) in [5.74, 6) is 0.671. The Bertz CT molecular complexity index is 3380. The van der Waals surface area contributed by atoms with Crippen LogP contribution in [-0.4, -0.2) is 18.9 Å². The van der Waals surface area contributed by atoms with Crippen LogP contribution in [0.2, 0.25) is 0 Å². The molecule has 0 saturated carbocycles. The molecule has 230 valence electrons. The van der Waals surface area contributed by atoms with Crippen molar-refractivity contribution in [2.75, 3.05) is 0 Å². The third-order valence-corrected chi connectivity index (χ3v) is 10.8. The van der Waals surface area contributed by atoms with Crippen LogP contribution < -0.4 is 0 Å². The predicted octanol–water partition coefficient (Wildman–Crippen LogP) is 11.9. The molecule has 0 aliphatic heterocycles. The maximum absolute atomic E-state index is 5.52. The molecule has 0 fully saturated rings. The molecule has 0 atom stereocenters. The molecule has 4 aromatic heterocycles. The monoisotopic (exact) mass is 634 g/mol. The summed E-state index contributed by atoms with van der Waals surface area (Å²) in [6, 6.07) is 56.8. The Labute approximate surface area is 285 Å². The van der Waals surface area contributed by atoms with Crippen molar-refractivity contribution in [3.8, 4) is 17.2 Å². The van der Waals surface area contributed by atoms with Crippen LogP contribution in [0.1, 0.15) is 0 Å². The van der Waals surface area contributed by atoms with Crippen LogP contribution in [-0.2, 0) is 0 Å². The van der Waals surface area contributed by atoms with Gasteiger partial charge in [-0.15, -0.1) is 0 Å². The quantitative estimate of drug-likeness (QED) is 0.190. The van der Waals surface area contributed by atoms with Crippen molar-refractivity contribution in [1.29, 1.82) is 0 Å². The van der Waals surface area contributed by atoms with E-state index in [2.05, 4.69) is 167 Å². The fourth-order valence-corrected chi connectivity index (χ4v) is 8.70. The lowest BCUT2D eigenvalue weighted by molar-refractivity contribution is 1.02. The van der Waals surface area contributed by atoms with Crippen LogP contribution in [0.15, 0.2) is 158 Å². The first-order valence-corrected chi connectivity index (χ1v) is 17.1. The van der Waals surface area contributed by atoms with E-state index in [4.69, 9.17) is 9.97 Å². The molecule has 4 nitrogen and oxygen atoms in total. The van der Waals surface area contributed by atoms with E-state index in [-0.39, 0.29) is 0 Å². The maximum atomic E-state index is 5.52. The van der Waals surface area contributed by atoms with E-state index >= 15 is 0 Å². The summed E-state index contributed by atoms with van der Waals surface area (Å²) in [6.07, 6.45) is 0. The van der Waals surface area contributed by atoms with Crippen molar-refractivity contribution in [3.05, 3.63) is 158 Å². The van der Waals surface area contributed by atoms with Gasteiger partial charge in [-0.25, -0.2) is 9.97 Å². The molecule has 0 saturated heterocycles. The molecular weight excluding hydrogens is 609 g/mol. The minimum atomic E-state index is 0.671. The Kier molecular flexibility index (Phi) is 4.94. The summed E-state index contributed by atoms with van der Waals surface area (Å²) in [6.45, 7) is 0. The fraction of sp³-hybridized carbons (Fsp3) is 0. The van der Waals surface area contributed by atoms with Gasteiger partial charge in [-0.1, -0.05) is 121 Å². The molecule has 0 radical (unpaired) electrons. The Morgan fingerprint density at radius 2 is 1.04 bits per heavy atom. The van der Waals surface area contributed by atoms with Gasteiger partial charge in [0.25, 0.3) is 0 Å². The highest BCUT2D eigenvalue weighted by molar-refractivity contribution is 6.36. The lowest BCUT2D eigenvalue weighted by Crippen LogP contribution is -2.03. The van der Waals surface area contributed by atoms with Crippen LogP contribution in [0.4, 0.5) is 0 Å². The first-order valence-electron chi connectivity index (χ1n) is 17.1. The van der Waals surface area contributed by atoms with Crippen LogP contribution in [0.5, 0.6) is 0 Å². The number of rotatable bonds is 2. The van der Waals surface area contributed by atoms with E-state index in [1.54, 1.807) is 0 Å². The van der Waals surface area contributed by atoms with E-state index in [1.807, 2.05) is 0 Å². The summed E-state index contributed by atoms with van der Waals surface area (Å²) >= 11 is 0. The zero-order valence-electron chi connectivity index (χ0n) is 26.8. The topological polar surface area (TPSA) is 35.1 Å². The number of hydrogen-bond donors (Lipinski definition) is 0. The van der Waals surface area contributed by atoms with Crippen molar-refractivity contribution in [3.63, 3.8) is 0 Å². The fourth-order valence-electron chi connectivity index (χ4n) is 8.70. The molecule has 4 heterocycles. The molecule has 0 spiro atoms. The van der Waals surface area contributed by atoms with Crippen LogP contribution in [0.3, 0.4) is 0 Å². The highest BCUT2D eigenvalue weighted by Crippen LogP contribution is 2.47. The third kappa shape index (κ3) is 3.30. The molecular formula is C46H26N4. The number of para-hydroxylation sites is 3. The molecule has 12 rings (SSSR count). The zero-order valence-corrected chi connectivity index (χ0v) is 26.8. The molecule has 0 unspecified atom stereocenters. The first-order chi connectivity index (χ1) is 24.8. The van der Waals surface area contributed by atoms with Crippen molar-refractivity contribution >= 4 is 92.3 Å². The number of fused-ring (bicyclic) bond motifs is 14. The predicted molar refractivity (Wildman–Crippen MR) is 209 cm³/mol. The number of nitrogens with zero attached hydrogens (tertiary/aromatic N) is 4. The second kappa shape index (κ2) is 9.43. The standard InChI is InChI=1S/C46H26N4/c1-2-13-29-25-30(22-21-27(29)11-1)43-33-16-5-8-18-37(33)47-46(48-43)50-40-24-23-28-12-3-4-14-31(28)41(40)36-26-35-32-15-6-9-19-38(32)49-39-20-10-7-17-34(39)42(44(35)49)45(36)50/h1-26H. The second-order valence-corrected chi connectivity index (χ2v) is 13.4. The lowest BCUT2D eigenvalue weighted by Gasteiger charge is -2.13. The Morgan fingerprint density at radius 1 is 0.380 bits per heavy atom. The van der Waals surface area contributed by atoms with Gasteiger partial charge in [0, 0.05) is 43.3 Å². The minimum absolute atomic E-state index is 0.671. The van der Waals surface area contributed by atoms with Crippen molar-refractivity contribution in [2.45, 2.75) is 0 Å². The van der Waals surface area contributed by atoms with Crippen molar-refractivity contribution < 1.29 is 0 Å². The van der Waals surface area contributed by atoms with Gasteiger partial charge in [0.05, 0.1) is 38.8 Å². The summed E-state index contributed by atoms with van der Waals surface area (Å²) < 4.78 is 4.80. The Hall–Kier alpha value is -6.78. The largest absolute Gasteiger partial charge is 0.308 e. The summed E-state index contributed by atoms with van der Waals surface area (Å²) in [5, 5.41) is 13.3. The second-order valence-electron chi connectivity index (χ2n) is 13.4. The summed E-state index contributed by atoms with van der Waals surface area (Å²) in [5.41, 5.74) is 8.83. The van der Waals surface area contributed by atoms with Crippen LogP contribution >= 0.6 is 0 Å². The normalized spacial score (nSPS) is 12.4. The van der Waals surface area contributed by atoms with E-state index in [1.165, 1.54) is 70.4 Å². The molecule has 8 aromatic carbocycles. The highest BCUT2D eigenvalue weighted by atomic mass is 15.2. The van der Waals surface area contributed by atoms with Crippen molar-refractivity contribution in [1.82, 2.24) is 18.9 Å². The van der Waals surface area contributed by atoms with Gasteiger partial charge in [-0.3, -0.25) is 4.57 Å². The maximum Gasteiger partial charge on any atom is 0.235 e. The summed E-state index contributed by atoms with van der Waals surface area (Å²) in [4.78, 5) is 10.9.